The van der Waals surface area contributed by atoms with Crippen LogP contribution < -0.4 is 15.4 Å². The van der Waals surface area contributed by atoms with Crippen molar-refractivity contribution in [1.29, 1.82) is 0 Å². The van der Waals surface area contributed by atoms with Gasteiger partial charge in [0.05, 0.1) is 35.5 Å². The second-order valence-electron chi connectivity index (χ2n) is 9.15. The van der Waals surface area contributed by atoms with Crippen molar-refractivity contribution in [3.05, 3.63) is 71.8 Å². The van der Waals surface area contributed by atoms with Crippen molar-refractivity contribution in [3.63, 3.8) is 0 Å². The predicted molar refractivity (Wildman–Crippen MR) is 139 cm³/mol. The molecule has 1 amide bonds. The van der Waals surface area contributed by atoms with Gasteiger partial charge in [-0.05, 0) is 36.4 Å². The molecule has 2 N–H and O–H groups in total. The lowest BCUT2D eigenvalue weighted by molar-refractivity contribution is -0.137. The Kier molecular flexibility index (Phi) is 7.85. The highest BCUT2D eigenvalue weighted by Gasteiger charge is 2.31. The quantitative estimate of drug-likeness (QED) is 0.302. The van der Waals surface area contributed by atoms with E-state index in [-0.39, 0.29) is 23.2 Å². The summed E-state index contributed by atoms with van der Waals surface area (Å²) in [7, 11) is 1.65. The predicted octanol–water partition coefficient (Wildman–Crippen LogP) is 4.72. The molecule has 4 aromatic rings. The molecule has 1 aliphatic heterocycles. The van der Waals surface area contributed by atoms with Crippen molar-refractivity contribution >= 4 is 28.6 Å². The van der Waals surface area contributed by atoms with Crippen LogP contribution in [0, 0.1) is 5.82 Å². The van der Waals surface area contributed by atoms with Crippen LogP contribution in [0.25, 0.3) is 11.0 Å². The Balaban J connectivity index is 1.27. The van der Waals surface area contributed by atoms with Gasteiger partial charge in [0.2, 0.25) is 5.95 Å². The van der Waals surface area contributed by atoms with Crippen LogP contribution in [-0.2, 0) is 18.0 Å². The van der Waals surface area contributed by atoms with E-state index in [1.54, 1.807) is 35.9 Å². The Morgan fingerprint density at radius 3 is 2.62 bits per heavy atom. The summed E-state index contributed by atoms with van der Waals surface area (Å²) < 4.78 is 66.3. The maximum atomic E-state index is 14.3. The molecular formula is C27H26F4N6O3. The molecule has 40 heavy (non-hydrogen) atoms. The third-order valence-electron chi connectivity index (χ3n) is 6.41. The second kappa shape index (κ2) is 11.5. The summed E-state index contributed by atoms with van der Waals surface area (Å²) in [6.07, 6.45) is -3.14. The molecule has 0 aliphatic carbocycles. The van der Waals surface area contributed by atoms with E-state index in [1.165, 1.54) is 12.3 Å². The number of imidazole rings is 1. The van der Waals surface area contributed by atoms with E-state index in [2.05, 4.69) is 25.5 Å². The summed E-state index contributed by atoms with van der Waals surface area (Å²) in [6.45, 7) is 4.22. The molecule has 210 valence electrons. The molecule has 2 aromatic heterocycles. The number of hydrogen-bond donors (Lipinski definition) is 2. The number of carbonyl (C=O) groups excluding carboxylic acids is 1. The van der Waals surface area contributed by atoms with Crippen molar-refractivity contribution < 1.29 is 31.8 Å². The van der Waals surface area contributed by atoms with Crippen LogP contribution in [0.15, 0.2) is 54.7 Å². The summed E-state index contributed by atoms with van der Waals surface area (Å²) in [5, 5.41) is 5.50. The molecule has 9 nitrogen and oxygen atoms in total. The smallest absolute Gasteiger partial charge is 0.416 e. The van der Waals surface area contributed by atoms with Gasteiger partial charge in [0, 0.05) is 51.6 Å². The number of alkyl halides is 3. The molecule has 1 saturated heterocycles. The van der Waals surface area contributed by atoms with Gasteiger partial charge in [0.1, 0.15) is 23.0 Å². The topological polar surface area (TPSA) is 93.5 Å². The van der Waals surface area contributed by atoms with Gasteiger partial charge in [0.15, 0.2) is 0 Å². The summed E-state index contributed by atoms with van der Waals surface area (Å²) in [4.78, 5) is 23.3. The van der Waals surface area contributed by atoms with Gasteiger partial charge in [-0.25, -0.2) is 9.37 Å². The zero-order chi connectivity index (χ0) is 28.3. The molecule has 1 fully saturated rings. The van der Waals surface area contributed by atoms with Crippen molar-refractivity contribution in [1.82, 2.24) is 24.8 Å². The number of carbonyl (C=O) groups is 1. The lowest BCUT2D eigenvalue weighted by atomic mass is 10.2. The first-order chi connectivity index (χ1) is 19.2. The zero-order valence-corrected chi connectivity index (χ0v) is 21.5. The monoisotopic (exact) mass is 558 g/mol. The molecule has 0 radical (unpaired) electrons. The number of fused-ring (bicyclic) bond motifs is 1. The first-order valence-corrected chi connectivity index (χ1v) is 12.5. The molecule has 1 aliphatic rings. The number of nitrogens with zero attached hydrogens (tertiary/aromatic N) is 4. The Bertz CT molecular complexity index is 1520. The maximum absolute atomic E-state index is 14.3. The number of pyridine rings is 1. The number of benzene rings is 2. The molecule has 13 heteroatoms. The van der Waals surface area contributed by atoms with Crippen LogP contribution in [-0.4, -0.2) is 64.7 Å². The Labute approximate surface area is 226 Å². The SMILES string of the molecule is Cn1c(Nc2cc(C(F)(F)F)ccc2F)nc2cc(Oc3ccnc(C(=O)NCCN4CCOCC4)c3)ccc21. The largest absolute Gasteiger partial charge is 0.457 e. The average molecular weight is 559 g/mol. The minimum absolute atomic E-state index is 0.144. The Morgan fingerprint density at radius 2 is 1.85 bits per heavy atom. The average Bonchev–Trinajstić information content (AvgIpc) is 3.24. The highest BCUT2D eigenvalue weighted by atomic mass is 19.4. The van der Waals surface area contributed by atoms with Gasteiger partial charge in [0.25, 0.3) is 5.91 Å². The molecule has 3 heterocycles. The normalized spacial score (nSPS) is 14.3. The third kappa shape index (κ3) is 6.32. The van der Waals surface area contributed by atoms with Crippen molar-refractivity contribution in [2.75, 3.05) is 44.7 Å². The number of morpholine rings is 1. The van der Waals surface area contributed by atoms with Crippen LogP contribution in [0.1, 0.15) is 16.1 Å². The van der Waals surface area contributed by atoms with E-state index in [4.69, 9.17) is 9.47 Å². The standard InChI is InChI=1S/C27H26F4N6O3/c1-36-24-5-3-18(15-22(24)35-26(36)34-21-14-17(27(29,30)31)2-4-20(21)28)40-19-6-7-32-23(16-19)25(38)33-8-9-37-10-12-39-13-11-37/h2-7,14-16H,8-13H2,1H3,(H,33,38)(H,34,35). The van der Waals surface area contributed by atoms with Crippen molar-refractivity contribution in [2.45, 2.75) is 6.18 Å². The fourth-order valence-electron chi connectivity index (χ4n) is 4.25. The zero-order valence-electron chi connectivity index (χ0n) is 21.5. The van der Waals surface area contributed by atoms with E-state index >= 15 is 0 Å². The number of rotatable bonds is 8. The van der Waals surface area contributed by atoms with Gasteiger partial charge < -0.3 is 24.7 Å². The van der Waals surface area contributed by atoms with Crippen LogP contribution in [0.3, 0.4) is 0 Å². The van der Waals surface area contributed by atoms with Gasteiger partial charge in [-0.2, -0.15) is 13.2 Å². The van der Waals surface area contributed by atoms with Gasteiger partial charge >= 0.3 is 6.18 Å². The molecule has 0 spiro atoms. The number of halogens is 4. The van der Waals surface area contributed by atoms with Crippen LogP contribution in [0.4, 0.5) is 29.2 Å². The Morgan fingerprint density at radius 1 is 1.07 bits per heavy atom. The first kappa shape index (κ1) is 27.3. The number of hydrogen-bond acceptors (Lipinski definition) is 7. The lowest BCUT2D eigenvalue weighted by Crippen LogP contribution is -2.41. The van der Waals surface area contributed by atoms with E-state index in [0.717, 1.165) is 19.2 Å². The highest BCUT2D eigenvalue weighted by molar-refractivity contribution is 5.92. The molecule has 5 rings (SSSR count). The Hall–Kier alpha value is -4.23. The molecular weight excluding hydrogens is 532 g/mol. The lowest BCUT2D eigenvalue weighted by Gasteiger charge is -2.26. The van der Waals surface area contributed by atoms with Gasteiger partial charge in [-0.3, -0.25) is 14.7 Å². The number of aryl methyl sites for hydroxylation is 1. The van der Waals surface area contributed by atoms with Crippen LogP contribution >= 0.6 is 0 Å². The number of nitrogens with one attached hydrogen (secondary N) is 2. The van der Waals surface area contributed by atoms with Gasteiger partial charge in [-0.1, -0.05) is 0 Å². The number of aromatic nitrogens is 3. The van der Waals surface area contributed by atoms with E-state index in [0.29, 0.717) is 61.0 Å². The molecule has 0 bridgehead atoms. The molecule has 2 aromatic carbocycles. The molecule has 0 unspecified atom stereocenters. The first-order valence-electron chi connectivity index (χ1n) is 12.5. The second-order valence-corrected chi connectivity index (χ2v) is 9.15. The van der Waals surface area contributed by atoms with Crippen molar-refractivity contribution in [3.8, 4) is 11.5 Å². The van der Waals surface area contributed by atoms with E-state index in [1.807, 2.05) is 0 Å². The summed E-state index contributed by atoms with van der Waals surface area (Å²) in [5.41, 5.74) is -0.0269. The maximum Gasteiger partial charge on any atom is 0.416 e. The fraction of sp³-hybridized carbons (Fsp3) is 0.296. The number of ether oxygens (including phenoxy) is 2. The van der Waals surface area contributed by atoms with Crippen LogP contribution in [0.2, 0.25) is 0 Å². The summed E-state index contributed by atoms with van der Waals surface area (Å²) in [5.74, 6) is -0.232. The van der Waals surface area contributed by atoms with Crippen LogP contribution in [0.5, 0.6) is 11.5 Å². The number of anilines is 2. The van der Waals surface area contributed by atoms with E-state index < -0.39 is 17.6 Å². The summed E-state index contributed by atoms with van der Waals surface area (Å²) >= 11 is 0. The number of amides is 1. The minimum atomic E-state index is -4.61. The summed E-state index contributed by atoms with van der Waals surface area (Å²) in [6, 6.07) is 10.3. The van der Waals surface area contributed by atoms with E-state index in [9.17, 15) is 22.4 Å². The molecule has 0 atom stereocenters. The van der Waals surface area contributed by atoms with Gasteiger partial charge in [-0.15, -0.1) is 0 Å². The van der Waals surface area contributed by atoms with Crippen molar-refractivity contribution in [2.24, 2.45) is 7.05 Å². The third-order valence-corrected chi connectivity index (χ3v) is 6.41. The fourth-order valence-corrected chi connectivity index (χ4v) is 4.25. The highest BCUT2D eigenvalue weighted by Crippen LogP contribution is 2.33. The minimum Gasteiger partial charge on any atom is -0.457 e. The molecule has 0 saturated carbocycles.